The molecule has 138 valence electrons. The maximum Gasteiger partial charge on any atom is 0.253 e. The van der Waals surface area contributed by atoms with E-state index in [1.54, 1.807) is 4.68 Å². The van der Waals surface area contributed by atoms with Crippen LogP contribution in [0.5, 0.6) is 0 Å². The number of nitrogens with one attached hydrogen (secondary N) is 1. The maximum atomic E-state index is 12.3. The summed E-state index contributed by atoms with van der Waals surface area (Å²) in [6.07, 6.45) is 2.17. The molecule has 0 saturated carbocycles. The van der Waals surface area contributed by atoms with E-state index in [4.69, 9.17) is 0 Å². The van der Waals surface area contributed by atoms with Crippen LogP contribution in [-0.4, -0.2) is 39.6 Å². The van der Waals surface area contributed by atoms with Crippen molar-refractivity contribution in [3.05, 3.63) is 51.3 Å². The fourth-order valence-electron chi connectivity index (χ4n) is 3.09. The molecule has 1 aliphatic heterocycles. The number of rotatable bonds is 5. The summed E-state index contributed by atoms with van der Waals surface area (Å²) in [5.74, 6) is -0.00601. The molecule has 1 fully saturated rings. The van der Waals surface area contributed by atoms with E-state index in [9.17, 15) is 9.59 Å². The Bertz CT molecular complexity index is 808. The summed E-state index contributed by atoms with van der Waals surface area (Å²) in [5.41, 5.74) is 3.47. The Morgan fingerprint density at radius 3 is 2.38 bits per heavy atom. The summed E-state index contributed by atoms with van der Waals surface area (Å²) >= 11 is 3.46. The number of benzene rings is 1. The van der Waals surface area contributed by atoms with Crippen LogP contribution in [0, 0.1) is 13.8 Å². The van der Waals surface area contributed by atoms with E-state index in [0.29, 0.717) is 12.1 Å². The average Bonchev–Trinajstić information content (AvgIpc) is 3.26. The van der Waals surface area contributed by atoms with Gasteiger partial charge in [0, 0.05) is 25.2 Å². The first-order chi connectivity index (χ1) is 12.5. The van der Waals surface area contributed by atoms with E-state index in [2.05, 4.69) is 26.3 Å². The normalized spacial score (nSPS) is 13.9. The molecule has 0 atom stereocenters. The number of carbonyl (C=O) groups excluding carboxylic acids is 2. The lowest BCUT2D eigenvalue weighted by atomic mass is 10.1. The van der Waals surface area contributed by atoms with Crippen molar-refractivity contribution in [3.63, 3.8) is 0 Å². The SMILES string of the molecule is Cc1nn(CC(=O)NCc2ccc(C(=O)N3CCCC3)cc2)c(C)c1Br. The van der Waals surface area contributed by atoms with Crippen molar-refractivity contribution in [2.75, 3.05) is 13.1 Å². The van der Waals surface area contributed by atoms with Gasteiger partial charge in [0.1, 0.15) is 6.54 Å². The van der Waals surface area contributed by atoms with Crippen LogP contribution in [0.3, 0.4) is 0 Å². The van der Waals surface area contributed by atoms with Crippen LogP contribution < -0.4 is 5.32 Å². The van der Waals surface area contributed by atoms with Crippen molar-refractivity contribution in [1.29, 1.82) is 0 Å². The molecule has 1 aromatic heterocycles. The smallest absolute Gasteiger partial charge is 0.253 e. The lowest BCUT2D eigenvalue weighted by Gasteiger charge is -2.15. The van der Waals surface area contributed by atoms with Crippen LogP contribution in [0.1, 0.15) is 40.2 Å². The monoisotopic (exact) mass is 418 g/mol. The third-order valence-corrected chi connectivity index (χ3v) is 5.82. The van der Waals surface area contributed by atoms with Gasteiger partial charge in [-0.05, 0) is 60.3 Å². The lowest BCUT2D eigenvalue weighted by Crippen LogP contribution is -2.28. The lowest BCUT2D eigenvalue weighted by molar-refractivity contribution is -0.122. The van der Waals surface area contributed by atoms with Crippen LogP contribution in [0.2, 0.25) is 0 Å². The minimum atomic E-state index is -0.0969. The summed E-state index contributed by atoms with van der Waals surface area (Å²) in [6.45, 7) is 6.13. The zero-order valence-corrected chi connectivity index (χ0v) is 16.7. The molecule has 26 heavy (non-hydrogen) atoms. The van der Waals surface area contributed by atoms with Gasteiger partial charge in [0.25, 0.3) is 5.91 Å². The molecule has 0 unspecified atom stereocenters. The topological polar surface area (TPSA) is 67.2 Å². The molecule has 0 spiro atoms. The van der Waals surface area contributed by atoms with Gasteiger partial charge in [0.15, 0.2) is 0 Å². The fraction of sp³-hybridized carbons (Fsp3) is 0.421. The molecule has 1 aromatic carbocycles. The third kappa shape index (κ3) is 4.15. The Labute approximate surface area is 161 Å². The number of carbonyl (C=O) groups is 2. The zero-order chi connectivity index (χ0) is 18.7. The van der Waals surface area contributed by atoms with Crippen molar-refractivity contribution in [1.82, 2.24) is 20.0 Å². The molecular weight excluding hydrogens is 396 g/mol. The molecule has 1 N–H and O–H groups in total. The summed E-state index contributed by atoms with van der Waals surface area (Å²) < 4.78 is 2.62. The highest BCUT2D eigenvalue weighted by Gasteiger charge is 2.19. The van der Waals surface area contributed by atoms with E-state index in [-0.39, 0.29) is 18.4 Å². The molecule has 1 aliphatic rings. The first kappa shape index (κ1) is 18.6. The molecule has 6 nitrogen and oxygen atoms in total. The highest BCUT2D eigenvalue weighted by molar-refractivity contribution is 9.10. The van der Waals surface area contributed by atoms with Gasteiger partial charge in [-0.1, -0.05) is 12.1 Å². The summed E-state index contributed by atoms with van der Waals surface area (Å²) in [5, 5.41) is 7.24. The minimum absolute atomic E-state index is 0.0909. The maximum absolute atomic E-state index is 12.3. The average molecular weight is 419 g/mol. The Morgan fingerprint density at radius 1 is 1.15 bits per heavy atom. The van der Waals surface area contributed by atoms with Gasteiger partial charge >= 0.3 is 0 Å². The Morgan fingerprint density at radius 2 is 1.81 bits per heavy atom. The van der Waals surface area contributed by atoms with Gasteiger partial charge in [-0.25, -0.2) is 0 Å². The van der Waals surface area contributed by atoms with Gasteiger partial charge in [-0.15, -0.1) is 0 Å². The number of halogens is 1. The van der Waals surface area contributed by atoms with Crippen molar-refractivity contribution in [2.24, 2.45) is 0 Å². The third-order valence-electron chi connectivity index (χ3n) is 4.67. The quantitative estimate of drug-likeness (QED) is 0.811. The highest BCUT2D eigenvalue weighted by atomic mass is 79.9. The van der Waals surface area contributed by atoms with Gasteiger partial charge in [0.05, 0.1) is 15.9 Å². The predicted octanol–water partition coefficient (Wildman–Crippen LogP) is 2.81. The molecule has 1 saturated heterocycles. The summed E-state index contributed by atoms with van der Waals surface area (Å²) in [4.78, 5) is 26.4. The van der Waals surface area contributed by atoms with Gasteiger partial charge in [0.2, 0.25) is 5.91 Å². The van der Waals surface area contributed by atoms with E-state index < -0.39 is 0 Å². The van der Waals surface area contributed by atoms with Crippen LogP contribution in [0.4, 0.5) is 0 Å². The van der Waals surface area contributed by atoms with E-state index in [1.165, 1.54) is 0 Å². The standard InChI is InChI=1S/C19H23BrN4O2/c1-13-18(20)14(2)24(22-13)12-17(25)21-11-15-5-7-16(8-6-15)19(26)23-9-3-4-10-23/h5-8H,3-4,9-12H2,1-2H3,(H,21,25). The number of amides is 2. The molecule has 2 amide bonds. The first-order valence-electron chi connectivity index (χ1n) is 8.80. The van der Waals surface area contributed by atoms with Crippen LogP contribution in [0.15, 0.2) is 28.7 Å². The second kappa shape index (κ2) is 8.03. The second-order valence-electron chi connectivity index (χ2n) is 6.62. The first-order valence-corrected chi connectivity index (χ1v) is 9.59. The predicted molar refractivity (Wildman–Crippen MR) is 103 cm³/mol. The van der Waals surface area contributed by atoms with E-state index in [0.717, 1.165) is 47.4 Å². The zero-order valence-electron chi connectivity index (χ0n) is 15.1. The number of hydrogen-bond acceptors (Lipinski definition) is 3. The van der Waals surface area contributed by atoms with Crippen molar-refractivity contribution < 1.29 is 9.59 Å². The Kier molecular flexibility index (Phi) is 5.76. The van der Waals surface area contributed by atoms with Crippen molar-refractivity contribution in [3.8, 4) is 0 Å². The molecule has 3 rings (SSSR count). The van der Waals surface area contributed by atoms with Crippen LogP contribution >= 0.6 is 15.9 Å². The minimum Gasteiger partial charge on any atom is -0.350 e. The summed E-state index contributed by atoms with van der Waals surface area (Å²) in [6, 6.07) is 7.45. The van der Waals surface area contributed by atoms with Crippen LogP contribution in [0.25, 0.3) is 0 Å². The van der Waals surface area contributed by atoms with Crippen molar-refractivity contribution >= 4 is 27.7 Å². The molecule has 2 heterocycles. The molecule has 2 aromatic rings. The number of aromatic nitrogens is 2. The number of hydrogen-bond donors (Lipinski definition) is 1. The molecule has 0 radical (unpaired) electrons. The van der Waals surface area contributed by atoms with E-state index in [1.807, 2.05) is 43.0 Å². The van der Waals surface area contributed by atoms with Gasteiger partial charge < -0.3 is 10.2 Å². The molecule has 0 aliphatic carbocycles. The fourth-order valence-corrected chi connectivity index (χ4v) is 3.37. The Balaban J connectivity index is 1.53. The number of likely N-dealkylation sites (tertiary alicyclic amines) is 1. The largest absolute Gasteiger partial charge is 0.350 e. The molecular formula is C19H23BrN4O2. The van der Waals surface area contributed by atoms with Crippen LogP contribution in [-0.2, 0) is 17.9 Å². The summed E-state index contributed by atoms with van der Waals surface area (Å²) in [7, 11) is 0. The Hall–Kier alpha value is -2.15. The second-order valence-corrected chi connectivity index (χ2v) is 7.41. The molecule has 7 heteroatoms. The number of nitrogens with zero attached hydrogens (tertiary/aromatic N) is 3. The molecule has 0 bridgehead atoms. The number of aryl methyl sites for hydroxylation is 1. The van der Waals surface area contributed by atoms with Gasteiger partial charge in [-0.3, -0.25) is 14.3 Å². The van der Waals surface area contributed by atoms with Gasteiger partial charge in [-0.2, -0.15) is 5.10 Å². The van der Waals surface area contributed by atoms with E-state index >= 15 is 0 Å². The van der Waals surface area contributed by atoms with Crippen molar-refractivity contribution in [2.45, 2.75) is 39.8 Å². The highest BCUT2D eigenvalue weighted by Crippen LogP contribution is 2.19.